The zero-order chi connectivity index (χ0) is 18.1. The molecule has 6 heteroatoms. The van der Waals surface area contributed by atoms with E-state index >= 15 is 0 Å². The number of amides is 2. The fraction of sp³-hybridized carbons (Fsp3) is 0.350. The zero-order valence-corrected chi connectivity index (χ0v) is 14.6. The van der Waals surface area contributed by atoms with Gasteiger partial charge < -0.3 is 15.2 Å². The topological polar surface area (TPSA) is 78.1 Å². The molecule has 2 aromatic rings. The number of fused-ring (bicyclic) bond motifs is 1. The van der Waals surface area contributed by atoms with Gasteiger partial charge in [0.25, 0.3) is 0 Å². The van der Waals surface area contributed by atoms with Gasteiger partial charge in [0.2, 0.25) is 11.8 Å². The van der Waals surface area contributed by atoms with Crippen molar-refractivity contribution in [2.75, 3.05) is 18.4 Å². The molecule has 0 spiro atoms. The van der Waals surface area contributed by atoms with E-state index in [0.29, 0.717) is 25.3 Å². The van der Waals surface area contributed by atoms with E-state index in [1.165, 1.54) is 5.57 Å². The summed E-state index contributed by atoms with van der Waals surface area (Å²) in [6.07, 6.45) is 8.67. The maximum atomic E-state index is 12.1. The van der Waals surface area contributed by atoms with E-state index in [-0.39, 0.29) is 17.7 Å². The third-order valence-corrected chi connectivity index (χ3v) is 4.95. The van der Waals surface area contributed by atoms with Crippen molar-refractivity contribution in [2.45, 2.75) is 25.7 Å². The molecule has 0 radical (unpaired) electrons. The number of nitrogens with one attached hydrogen (secondary N) is 2. The van der Waals surface area contributed by atoms with Crippen LogP contribution in [0, 0.1) is 5.92 Å². The lowest BCUT2D eigenvalue weighted by Gasteiger charge is -2.26. The number of carbonyl (C=O) groups excluding carboxylic acids is 2. The van der Waals surface area contributed by atoms with Crippen molar-refractivity contribution in [1.29, 1.82) is 0 Å². The lowest BCUT2D eigenvalue weighted by Crippen LogP contribution is -2.34. The maximum Gasteiger partial charge on any atom is 0.228 e. The number of hydrogen-bond donors (Lipinski definition) is 2. The van der Waals surface area contributed by atoms with Gasteiger partial charge in [-0.2, -0.15) is 0 Å². The summed E-state index contributed by atoms with van der Waals surface area (Å²) < 4.78 is 0. The molecular formula is C20H22N4O2. The number of aromatic amines is 1. The summed E-state index contributed by atoms with van der Waals surface area (Å²) in [5.41, 5.74) is 3.01. The molecule has 4 rings (SSSR count). The molecule has 2 aliphatic rings. The molecule has 3 heterocycles. The number of aromatic nitrogens is 2. The summed E-state index contributed by atoms with van der Waals surface area (Å²) in [6, 6.07) is 3.95. The van der Waals surface area contributed by atoms with Crippen molar-refractivity contribution in [3.8, 4) is 0 Å². The van der Waals surface area contributed by atoms with E-state index in [1.54, 1.807) is 6.08 Å². The Bertz CT molecular complexity index is 908. The first-order valence-corrected chi connectivity index (χ1v) is 9.03. The minimum atomic E-state index is 0.0492. The average Bonchev–Trinajstić information content (AvgIpc) is 3.40. The molecule has 2 N–H and O–H groups in total. The number of nitrogens with zero attached hydrogens (tertiary/aromatic N) is 2. The second-order valence-electron chi connectivity index (χ2n) is 6.87. The number of pyridine rings is 1. The number of carbonyl (C=O) groups is 2. The minimum Gasteiger partial charge on any atom is -0.346 e. The van der Waals surface area contributed by atoms with Crippen LogP contribution in [-0.2, 0) is 9.59 Å². The molecule has 134 valence electrons. The van der Waals surface area contributed by atoms with Gasteiger partial charge in [-0.05, 0) is 42.5 Å². The smallest absolute Gasteiger partial charge is 0.228 e. The lowest BCUT2D eigenvalue weighted by atomic mass is 9.97. The molecule has 0 aromatic carbocycles. The van der Waals surface area contributed by atoms with Crippen LogP contribution in [0.3, 0.4) is 0 Å². The van der Waals surface area contributed by atoms with Crippen molar-refractivity contribution < 1.29 is 9.59 Å². The van der Waals surface area contributed by atoms with Gasteiger partial charge in [-0.1, -0.05) is 12.2 Å². The Morgan fingerprint density at radius 2 is 2.27 bits per heavy atom. The first-order chi connectivity index (χ1) is 12.7. The highest BCUT2D eigenvalue weighted by Gasteiger charge is 2.30. The highest BCUT2D eigenvalue weighted by Crippen LogP contribution is 2.33. The van der Waals surface area contributed by atoms with E-state index in [9.17, 15) is 9.59 Å². The molecule has 2 amide bonds. The number of hydrogen-bond acceptors (Lipinski definition) is 3. The summed E-state index contributed by atoms with van der Waals surface area (Å²) in [5.74, 6) is 0.873. The van der Waals surface area contributed by atoms with Gasteiger partial charge in [0.15, 0.2) is 0 Å². The molecule has 0 saturated heterocycles. The third kappa shape index (κ3) is 3.27. The van der Waals surface area contributed by atoms with E-state index in [0.717, 1.165) is 35.9 Å². The zero-order valence-electron chi connectivity index (χ0n) is 14.6. The molecule has 6 nitrogen and oxygen atoms in total. The van der Waals surface area contributed by atoms with Crippen molar-refractivity contribution in [3.05, 3.63) is 42.6 Å². The Kier molecular flexibility index (Phi) is 4.32. The van der Waals surface area contributed by atoms with Gasteiger partial charge in [-0.15, -0.1) is 6.58 Å². The third-order valence-electron chi connectivity index (χ3n) is 4.95. The van der Waals surface area contributed by atoms with Crippen molar-refractivity contribution in [3.63, 3.8) is 0 Å². The molecule has 2 aromatic heterocycles. The summed E-state index contributed by atoms with van der Waals surface area (Å²) in [6.45, 7) is 4.92. The Balaban J connectivity index is 1.61. The van der Waals surface area contributed by atoms with Crippen molar-refractivity contribution >= 4 is 34.2 Å². The number of rotatable bonds is 5. The quantitative estimate of drug-likeness (QED) is 0.814. The second kappa shape index (κ2) is 6.78. The predicted octanol–water partition coefficient (Wildman–Crippen LogP) is 3.10. The van der Waals surface area contributed by atoms with Crippen LogP contribution in [0.4, 0.5) is 5.82 Å². The summed E-state index contributed by atoms with van der Waals surface area (Å²) in [7, 11) is 0. The normalized spacial score (nSPS) is 17.1. The largest absolute Gasteiger partial charge is 0.346 e. The Morgan fingerprint density at radius 3 is 2.96 bits per heavy atom. The average molecular weight is 350 g/mol. The van der Waals surface area contributed by atoms with Crippen LogP contribution in [0.15, 0.2) is 37.1 Å². The van der Waals surface area contributed by atoms with Crippen molar-refractivity contribution in [1.82, 2.24) is 14.9 Å². The van der Waals surface area contributed by atoms with E-state index in [2.05, 4.69) is 27.9 Å². The van der Waals surface area contributed by atoms with Crippen LogP contribution in [0.2, 0.25) is 0 Å². The molecular weight excluding hydrogens is 328 g/mol. The van der Waals surface area contributed by atoms with Gasteiger partial charge in [0.05, 0.1) is 0 Å². The number of H-pyrrole nitrogens is 1. The minimum absolute atomic E-state index is 0.0492. The predicted molar refractivity (Wildman–Crippen MR) is 101 cm³/mol. The molecule has 26 heavy (non-hydrogen) atoms. The number of anilines is 1. The molecule has 1 fully saturated rings. The Hall–Kier alpha value is -2.89. The van der Waals surface area contributed by atoms with Crippen LogP contribution in [0.25, 0.3) is 16.6 Å². The van der Waals surface area contributed by atoms with Gasteiger partial charge >= 0.3 is 0 Å². The van der Waals surface area contributed by atoms with Gasteiger partial charge in [-0.25, -0.2) is 4.98 Å². The fourth-order valence-corrected chi connectivity index (χ4v) is 3.33. The maximum absolute atomic E-state index is 12.1. The van der Waals surface area contributed by atoms with Crippen LogP contribution >= 0.6 is 0 Å². The standard InChI is InChI=1S/C20H22N4O2/c1-2-3-18(25)24-10-7-13(8-11-24)16-12-17(23-20(26)14-4-5-14)22-19-15(16)6-9-21-19/h2,6-7,9,12,14H,1,3-5,8,10-11H2,(H2,21,22,23,26). The van der Waals surface area contributed by atoms with E-state index < -0.39 is 0 Å². The van der Waals surface area contributed by atoms with E-state index in [4.69, 9.17) is 0 Å². The SMILES string of the molecule is C=CCC(=O)N1CC=C(c2cc(NC(=O)C3CC3)nc3[nH]ccc23)CC1. The van der Waals surface area contributed by atoms with Crippen LogP contribution < -0.4 is 5.32 Å². The summed E-state index contributed by atoms with van der Waals surface area (Å²) >= 11 is 0. The molecule has 1 aliphatic carbocycles. The Labute approximate surface area is 152 Å². The first-order valence-electron chi connectivity index (χ1n) is 9.03. The molecule has 1 aliphatic heterocycles. The summed E-state index contributed by atoms with van der Waals surface area (Å²) in [5, 5.41) is 3.97. The highest BCUT2D eigenvalue weighted by molar-refractivity contribution is 5.97. The second-order valence-corrected chi connectivity index (χ2v) is 6.87. The highest BCUT2D eigenvalue weighted by atomic mass is 16.2. The fourth-order valence-electron chi connectivity index (χ4n) is 3.33. The van der Waals surface area contributed by atoms with Crippen molar-refractivity contribution in [2.24, 2.45) is 5.92 Å². The Morgan fingerprint density at radius 1 is 1.42 bits per heavy atom. The lowest BCUT2D eigenvalue weighted by molar-refractivity contribution is -0.129. The van der Waals surface area contributed by atoms with Crippen LogP contribution in [0.5, 0.6) is 0 Å². The van der Waals surface area contributed by atoms with Gasteiger partial charge in [0.1, 0.15) is 11.5 Å². The van der Waals surface area contributed by atoms with Crippen LogP contribution in [0.1, 0.15) is 31.2 Å². The van der Waals surface area contributed by atoms with Crippen LogP contribution in [-0.4, -0.2) is 39.8 Å². The van der Waals surface area contributed by atoms with Gasteiger partial charge in [0, 0.05) is 37.0 Å². The summed E-state index contributed by atoms with van der Waals surface area (Å²) in [4.78, 5) is 33.6. The monoisotopic (exact) mass is 350 g/mol. The molecule has 0 bridgehead atoms. The van der Waals surface area contributed by atoms with E-state index in [1.807, 2.05) is 23.2 Å². The molecule has 0 atom stereocenters. The van der Waals surface area contributed by atoms with Gasteiger partial charge in [-0.3, -0.25) is 9.59 Å². The molecule has 1 saturated carbocycles. The molecule has 0 unspecified atom stereocenters. The first kappa shape index (κ1) is 16.6.